The van der Waals surface area contributed by atoms with E-state index in [1.54, 1.807) is 24.3 Å². The molecule has 22 heavy (non-hydrogen) atoms. The van der Waals surface area contributed by atoms with E-state index < -0.39 is 11.7 Å². The molecule has 0 radical (unpaired) electrons. The van der Waals surface area contributed by atoms with Crippen molar-refractivity contribution in [2.75, 3.05) is 0 Å². The molecule has 2 aromatic rings. The summed E-state index contributed by atoms with van der Waals surface area (Å²) in [6.07, 6.45) is -3.34. The summed E-state index contributed by atoms with van der Waals surface area (Å²) in [4.78, 5) is 12.2. The van der Waals surface area contributed by atoms with E-state index in [0.717, 1.165) is 17.7 Å². The molecule has 0 aromatic heterocycles. The van der Waals surface area contributed by atoms with Gasteiger partial charge in [0.25, 0.3) is 0 Å². The van der Waals surface area contributed by atoms with Gasteiger partial charge in [0.1, 0.15) is 0 Å². The molecule has 116 valence electrons. The van der Waals surface area contributed by atoms with Gasteiger partial charge in [-0.05, 0) is 30.0 Å². The number of hydrogen-bond donors (Lipinski definition) is 0. The summed E-state index contributed by atoms with van der Waals surface area (Å²) in [6, 6.07) is 14.0. The molecule has 1 atom stereocenters. The summed E-state index contributed by atoms with van der Waals surface area (Å²) in [5.41, 5.74) is 0.730. The highest BCUT2D eigenvalue weighted by molar-refractivity contribution is 5.96. The molecular weight excluding hydrogens is 289 g/mol. The van der Waals surface area contributed by atoms with Gasteiger partial charge in [0.05, 0.1) is 5.56 Å². The highest BCUT2D eigenvalue weighted by Gasteiger charge is 2.30. The van der Waals surface area contributed by atoms with Gasteiger partial charge >= 0.3 is 6.18 Å². The lowest BCUT2D eigenvalue weighted by Gasteiger charge is -2.16. The normalized spacial score (nSPS) is 12.9. The number of alkyl halides is 3. The molecule has 4 heteroatoms. The Hall–Kier alpha value is -2.10. The Bertz CT molecular complexity index is 615. The molecule has 1 nitrogen and oxygen atoms in total. The Kier molecular flexibility index (Phi) is 5.01. The van der Waals surface area contributed by atoms with E-state index in [-0.39, 0.29) is 11.7 Å². The van der Waals surface area contributed by atoms with E-state index in [1.807, 2.05) is 13.0 Å². The maximum atomic E-state index is 12.6. The summed E-state index contributed by atoms with van der Waals surface area (Å²) in [5, 5.41) is 0. The zero-order chi connectivity index (χ0) is 16.2. The van der Waals surface area contributed by atoms with Gasteiger partial charge in [0.2, 0.25) is 0 Å². The molecule has 0 spiro atoms. The first-order chi connectivity index (χ1) is 10.4. The molecule has 0 unspecified atom stereocenters. The third kappa shape index (κ3) is 3.97. The Morgan fingerprint density at radius 1 is 1.00 bits per heavy atom. The lowest BCUT2D eigenvalue weighted by atomic mass is 9.89. The van der Waals surface area contributed by atoms with E-state index in [9.17, 15) is 18.0 Å². The van der Waals surface area contributed by atoms with E-state index >= 15 is 0 Å². The number of rotatable bonds is 5. The zero-order valence-corrected chi connectivity index (χ0v) is 12.2. The summed E-state index contributed by atoms with van der Waals surface area (Å²) in [5.74, 6) is -0.0673. The van der Waals surface area contributed by atoms with E-state index in [0.29, 0.717) is 18.4 Å². The number of Topliss-reactive ketones (excluding diaryl/α,β-unsaturated/α-hetero) is 1. The van der Waals surface area contributed by atoms with Crippen LogP contribution in [-0.4, -0.2) is 5.78 Å². The van der Waals surface area contributed by atoms with Crippen molar-refractivity contribution in [1.82, 2.24) is 0 Å². The second-order valence-electron chi connectivity index (χ2n) is 5.22. The van der Waals surface area contributed by atoms with Crippen molar-refractivity contribution in [2.24, 2.45) is 0 Å². The first kappa shape index (κ1) is 16.3. The molecule has 0 saturated heterocycles. The fourth-order valence-corrected chi connectivity index (χ4v) is 2.41. The molecule has 0 saturated carbocycles. The first-order valence-corrected chi connectivity index (χ1v) is 7.17. The number of carbonyl (C=O) groups excluding carboxylic acids is 1. The van der Waals surface area contributed by atoms with Gasteiger partial charge in [-0.3, -0.25) is 4.79 Å². The monoisotopic (exact) mass is 306 g/mol. The van der Waals surface area contributed by atoms with Crippen LogP contribution in [0.5, 0.6) is 0 Å². The third-order valence-corrected chi connectivity index (χ3v) is 3.73. The number of carbonyl (C=O) groups is 1. The second-order valence-corrected chi connectivity index (χ2v) is 5.22. The van der Waals surface area contributed by atoms with Crippen LogP contribution in [0.15, 0.2) is 54.6 Å². The standard InChI is InChI=1S/C18H17F3O/c1-2-13(12-17(22)15-6-4-3-5-7-15)14-8-10-16(11-9-14)18(19,20)21/h3-11,13H,2,12H2,1H3/t13-/m1/s1. The molecule has 0 amide bonds. The molecular formula is C18H17F3O. The molecule has 2 rings (SSSR count). The molecule has 0 N–H and O–H groups in total. The number of halogens is 3. The molecule has 0 fully saturated rings. The van der Waals surface area contributed by atoms with Crippen LogP contribution in [0.25, 0.3) is 0 Å². The van der Waals surface area contributed by atoms with Crippen molar-refractivity contribution in [3.63, 3.8) is 0 Å². The fraction of sp³-hybridized carbons (Fsp3) is 0.278. The van der Waals surface area contributed by atoms with Crippen LogP contribution >= 0.6 is 0 Å². The number of benzene rings is 2. The van der Waals surface area contributed by atoms with Gasteiger partial charge in [0, 0.05) is 12.0 Å². The Balaban J connectivity index is 2.13. The third-order valence-electron chi connectivity index (χ3n) is 3.73. The first-order valence-electron chi connectivity index (χ1n) is 7.17. The summed E-state index contributed by atoms with van der Waals surface area (Å²) >= 11 is 0. The second kappa shape index (κ2) is 6.77. The van der Waals surface area contributed by atoms with Crippen LogP contribution in [-0.2, 0) is 6.18 Å². The Morgan fingerprint density at radius 2 is 1.59 bits per heavy atom. The molecule has 0 heterocycles. The predicted molar refractivity (Wildman–Crippen MR) is 79.9 cm³/mol. The van der Waals surface area contributed by atoms with Crippen LogP contribution in [0.1, 0.15) is 47.2 Å². The number of hydrogen-bond acceptors (Lipinski definition) is 1. The summed E-state index contributed by atoms with van der Waals surface area (Å²) in [7, 11) is 0. The smallest absolute Gasteiger partial charge is 0.294 e. The van der Waals surface area contributed by atoms with Gasteiger partial charge in [-0.25, -0.2) is 0 Å². The van der Waals surface area contributed by atoms with Crippen LogP contribution in [0.2, 0.25) is 0 Å². The van der Waals surface area contributed by atoms with Gasteiger partial charge in [0.15, 0.2) is 5.78 Å². The zero-order valence-electron chi connectivity index (χ0n) is 12.2. The molecule has 2 aromatic carbocycles. The SMILES string of the molecule is CC[C@H](CC(=O)c1ccccc1)c1ccc(C(F)(F)F)cc1. The van der Waals surface area contributed by atoms with Crippen LogP contribution in [0.4, 0.5) is 13.2 Å². The van der Waals surface area contributed by atoms with Crippen LogP contribution in [0, 0.1) is 0 Å². The molecule has 0 aliphatic heterocycles. The minimum absolute atomic E-state index is 0.00680. The van der Waals surface area contributed by atoms with Crippen molar-refractivity contribution in [2.45, 2.75) is 31.9 Å². The maximum Gasteiger partial charge on any atom is 0.416 e. The average molecular weight is 306 g/mol. The van der Waals surface area contributed by atoms with E-state index in [4.69, 9.17) is 0 Å². The van der Waals surface area contributed by atoms with Gasteiger partial charge < -0.3 is 0 Å². The molecule has 0 aliphatic carbocycles. The predicted octanol–water partition coefficient (Wildman–Crippen LogP) is 5.47. The fourth-order valence-electron chi connectivity index (χ4n) is 2.41. The van der Waals surface area contributed by atoms with E-state index in [2.05, 4.69) is 0 Å². The maximum absolute atomic E-state index is 12.6. The van der Waals surface area contributed by atoms with Crippen molar-refractivity contribution < 1.29 is 18.0 Å². The summed E-state index contributed by atoms with van der Waals surface area (Å²) < 4.78 is 37.7. The van der Waals surface area contributed by atoms with Crippen molar-refractivity contribution in [3.05, 3.63) is 71.3 Å². The summed E-state index contributed by atoms with van der Waals surface area (Å²) in [6.45, 7) is 1.93. The highest BCUT2D eigenvalue weighted by atomic mass is 19.4. The lowest BCUT2D eigenvalue weighted by Crippen LogP contribution is -2.08. The Labute approximate surface area is 127 Å². The topological polar surface area (TPSA) is 17.1 Å². The largest absolute Gasteiger partial charge is 0.416 e. The van der Waals surface area contributed by atoms with Crippen LogP contribution in [0.3, 0.4) is 0 Å². The van der Waals surface area contributed by atoms with Gasteiger partial charge in [-0.2, -0.15) is 13.2 Å². The molecule has 0 aliphatic rings. The lowest BCUT2D eigenvalue weighted by molar-refractivity contribution is -0.137. The number of ketones is 1. The van der Waals surface area contributed by atoms with Gasteiger partial charge in [-0.1, -0.05) is 49.4 Å². The van der Waals surface area contributed by atoms with E-state index in [1.165, 1.54) is 12.1 Å². The Morgan fingerprint density at radius 3 is 2.09 bits per heavy atom. The van der Waals surface area contributed by atoms with Crippen LogP contribution < -0.4 is 0 Å². The molecule has 0 bridgehead atoms. The minimum Gasteiger partial charge on any atom is -0.294 e. The van der Waals surface area contributed by atoms with Crippen molar-refractivity contribution in [3.8, 4) is 0 Å². The van der Waals surface area contributed by atoms with Gasteiger partial charge in [-0.15, -0.1) is 0 Å². The average Bonchev–Trinajstić information content (AvgIpc) is 2.52. The minimum atomic E-state index is -4.33. The quantitative estimate of drug-likeness (QED) is 0.669. The van der Waals surface area contributed by atoms with Crippen molar-refractivity contribution >= 4 is 5.78 Å². The van der Waals surface area contributed by atoms with Crippen molar-refractivity contribution in [1.29, 1.82) is 0 Å². The highest BCUT2D eigenvalue weighted by Crippen LogP contribution is 2.31.